The van der Waals surface area contributed by atoms with Crippen molar-refractivity contribution in [3.63, 3.8) is 0 Å². The highest BCUT2D eigenvalue weighted by Crippen LogP contribution is 2.21. The van der Waals surface area contributed by atoms with E-state index < -0.39 is 0 Å². The van der Waals surface area contributed by atoms with Crippen LogP contribution in [0.25, 0.3) is 11.3 Å². The zero-order valence-corrected chi connectivity index (χ0v) is 19.1. The quantitative estimate of drug-likeness (QED) is 0.381. The molecule has 0 fully saturated rings. The van der Waals surface area contributed by atoms with Gasteiger partial charge in [0.1, 0.15) is 12.3 Å². The van der Waals surface area contributed by atoms with Crippen LogP contribution in [0.5, 0.6) is 5.75 Å². The van der Waals surface area contributed by atoms with Gasteiger partial charge < -0.3 is 9.64 Å². The van der Waals surface area contributed by atoms with Crippen LogP contribution in [0, 0.1) is 0 Å². The highest BCUT2D eigenvalue weighted by molar-refractivity contribution is 5.76. The second-order valence-corrected chi connectivity index (χ2v) is 7.98. The molecular formula is C28H27N3O3. The molecule has 3 aromatic carbocycles. The summed E-state index contributed by atoms with van der Waals surface area (Å²) in [5.41, 5.74) is 3.29. The minimum absolute atomic E-state index is 0.127. The number of benzene rings is 3. The summed E-state index contributed by atoms with van der Waals surface area (Å²) in [5.74, 6) is 0.542. The van der Waals surface area contributed by atoms with Crippen molar-refractivity contribution in [2.24, 2.45) is 0 Å². The first-order chi connectivity index (χ1) is 16.6. The molecule has 0 aliphatic heterocycles. The van der Waals surface area contributed by atoms with Crippen molar-refractivity contribution in [3.8, 4) is 17.0 Å². The van der Waals surface area contributed by atoms with E-state index in [1.807, 2.05) is 72.8 Å². The smallest absolute Gasteiger partial charge is 0.267 e. The van der Waals surface area contributed by atoms with Gasteiger partial charge in [0.2, 0.25) is 5.91 Å². The maximum atomic E-state index is 13.3. The first-order valence-electron chi connectivity index (χ1n) is 11.2. The number of methoxy groups -OCH3 is 1. The lowest BCUT2D eigenvalue weighted by Gasteiger charge is -2.23. The SMILES string of the molecule is COc1cccc(-c2ccc(=O)n(CC(=O)N(CCc3ccccc3)Cc3ccccc3)n2)c1. The summed E-state index contributed by atoms with van der Waals surface area (Å²) in [7, 11) is 1.60. The fraction of sp³-hybridized carbons (Fsp3) is 0.179. The molecule has 0 aliphatic rings. The summed E-state index contributed by atoms with van der Waals surface area (Å²) >= 11 is 0. The summed E-state index contributed by atoms with van der Waals surface area (Å²) in [6, 6.07) is 30.5. The van der Waals surface area contributed by atoms with Gasteiger partial charge in [-0.1, -0.05) is 72.8 Å². The Morgan fingerprint density at radius 1 is 0.882 bits per heavy atom. The first kappa shape index (κ1) is 23.0. The zero-order chi connectivity index (χ0) is 23.8. The minimum atomic E-state index is -0.317. The summed E-state index contributed by atoms with van der Waals surface area (Å²) in [5, 5.41) is 4.47. The van der Waals surface area contributed by atoms with Crippen LogP contribution in [0.1, 0.15) is 11.1 Å². The summed E-state index contributed by atoms with van der Waals surface area (Å²) in [6.07, 6.45) is 0.728. The van der Waals surface area contributed by atoms with Gasteiger partial charge >= 0.3 is 0 Å². The van der Waals surface area contributed by atoms with E-state index in [4.69, 9.17) is 4.74 Å². The van der Waals surface area contributed by atoms with Crippen LogP contribution >= 0.6 is 0 Å². The minimum Gasteiger partial charge on any atom is -0.497 e. The number of amides is 1. The normalized spacial score (nSPS) is 10.6. The third kappa shape index (κ3) is 5.98. The molecule has 0 unspecified atom stereocenters. The van der Waals surface area contributed by atoms with Crippen LogP contribution in [0.3, 0.4) is 0 Å². The van der Waals surface area contributed by atoms with Gasteiger partial charge in [-0.3, -0.25) is 9.59 Å². The van der Waals surface area contributed by atoms with Crippen molar-refractivity contribution >= 4 is 5.91 Å². The summed E-state index contributed by atoms with van der Waals surface area (Å²) in [4.78, 5) is 27.7. The Morgan fingerprint density at radius 3 is 2.29 bits per heavy atom. The van der Waals surface area contributed by atoms with Gasteiger partial charge in [0.05, 0.1) is 12.8 Å². The van der Waals surface area contributed by atoms with Crippen molar-refractivity contribution in [2.75, 3.05) is 13.7 Å². The van der Waals surface area contributed by atoms with Gasteiger partial charge in [-0.2, -0.15) is 5.10 Å². The van der Waals surface area contributed by atoms with Crippen LogP contribution in [0.2, 0.25) is 0 Å². The molecular weight excluding hydrogens is 426 g/mol. The standard InChI is InChI=1S/C28H27N3O3/c1-34-25-14-8-13-24(19-25)26-15-16-27(32)31(29-26)21-28(33)30(20-23-11-6-3-7-12-23)18-17-22-9-4-2-5-10-22/h2-16,19H,17-18,20-21H2,1H3. The van der Waals surface area contributed by atoms with Gasteiger partial charge in [0, 0.05) is 24.7 Å². The predicted molar refractivity (Wildman–Crippen MR) is 132 cm³/mol. The Hall–Kier alpha value is -4.19. The van der Waals surface area contributed by atoms with Crippen LogP contribution in [0.4, 0.5) is 0 Å². The lowest BCUT2D eigenvalue weighted by molar-refractivity contribution is -0.132. The molecule has 0 radical (unpaired) electrons. The van der Waals surface area contributed by atoms with Crippen LogP contribution in [-0.2, 0) is 24.3 Å². The van der Waals surface area contributed by atoms with Crippen molar-refractivity contribution < 1.29 is 9.53 Å². The van der Waals surface area contributed by atoms with E-state index in [0.717, 1.165) is 23.1 Å². The molecule has 34 heavy (non-hydrogen) atoms. The molecule has 0 spiro atoms. The van der Waals surface area contributed by atoms with Gasteiger partial charge in [0.25, 0.3) is 5.56 Å². The Balaban J connectivity index is 1.55. The van der Waals surface area contributed by atoms with Crippen LogP contribution in [-0.4, -0.2) is 34.2 Å². The number of ether oxygens (including phenoxy) is 1. The third-order valence-electron chi connectivity index (χ3n) is 5.60. The van der Waals surface area contributed by atoms with Crippen LogP contribution < -0.4 is 10.3 Å². The highest BCUT2D eigenvalue weighted by Gasteiger charge is 2.17. The molecule has 4 rings (SSSR count). The summed E-state index contributed by atoms with van der Waals surface area (Å²) < 4.78 is 6.52. The molecule has 172 valence electrons. The number of hydrogen-bond acceptors (Lipinski definition) is 4. The van der Waals surface area contributed by atoms with E-state index in [0.29, 0.717) is 24.5 Å². The second kappa shape index (κ2) is 11.1. The lowest BCUT2D eigenvalue weighted by atomic mass is 10.1. The van der Waals surface area contributed by atoms with Crippen molar-refractivity contribution in [2.45, 2.75) is 19.5 Å². The number of aromatic nitrogens is 2. The Bertz CT molecular complexity index is 1290. The number of nitrogens with zero attached hydrogens (tertiary/aromatic N) is 3. The van der Waals surface area contributed by atoms with Crippen molar-refractivity contribution in [1.29, 1.82) is 0 Å². The number of carbonyl (C=O) groups excluding carboxylic acids is 1. The van der Waals surface area contributed by atoms with E-state index in [1.165, 1.54) is 10.7 Å². The summed E-state index contributed by atoms with van der Waals surface area (Å²) in [6.45, 7) is 0.886. The molecule has 0 saturated heterocycles. The average Bonchev–Trinajstić information content (AvgIpc) is 2.89. The predicted octanol–water partition coefficient (Wildman–Crippen LogP) is 4.19. The maximum absolute atomic E-state index is 13.3. The third-order valence-corrected chi connectivity index (χ3v) is 5.60. The van der Waals surface area contributed by atoms with Gasteiger partial charge in [-0.25, -0.2) is 4.68 Å². The highest BCUT2D eigenvalue weighted by atomic mass is 16.5. The van der Waals surface area contributed by atoms with E-state index in [1.54, 1.807) is 18.1 Å². The topological polar surface area (TPSA) is 64.4 Å². The van der Waals surface area contributed by atoms with Crippen molar-refractivity contribution in [3.05, 3.63) is 119 Å². The largest absolute Gasteiger partial charge is 0.497 e. The Labute approximate surface area is 199 Å². The molecule has 0 bridgehead atoms. The number of hydrogen-bond donors (Lipinski definition) is 0. The van der Waals surface area contributed by atoms with E-state index >= 15 is 0 Å². The molecule has 6 nitrogen and oxygen atoms in total. The molecule has 1 amide bonds. The molecule has 1 heterocycles. The van der Waals surface area contributed by atoms with Crippen molar-refractivity contribution in [1.82, 2.24) is 14.7 Å². The van der Waals surface area contributed by atoms with Gasteiger partial charge in [-0.15, -0.1) is 0 Å². The van der Waals surface area contributed by atoms with Gasteiger partial charge in [-0.05, 0) is 35.7 Å². The Morgan fingerprint density at radius 2 is 1.59 bits per heavy atom. The fourth-order valence-corrected chi connectivity index (χ4v) is 3.73. The number of rotatable bonds is 9. The molecule has 1 aromatic heterocycles. The fourth-order valence-electron chi connectivity index (χ4n) is 3.73. The van der Waals surface area contributed by atoms with Gasteiger partial charge in [0.15, 0.2) is 0 Å². The molecule has 4 aromatic rings. The second-order valence-electron chi connectivity index (χ2n) is 7.98. The van der Waals surface area contributed by atoms with E-state index in [2.05, 4.69) is 17.2 Å². The number of carbonyl (C=O) groups is 1. The molecule has 6 heteroatoms. The molecule has 0 aliphatic carbocycles. The first-order valence-corrected chi connectivity index (χ1v) is 11.2. The molecule has 0 saturated carbocycles. The van der Waals surface area contributed by atoms with E-state index in [-0.39, 0.29) is 18.0 Å². The molecule has 0 N–H and O–H groups in total. The Kier molecular flexibility index (Phi) is 7.50. The average molecular weight is 454 g/mol. The monoisotopic (exact) mass is 453 g/mol. The lowest BCUT2D eigenvalue weighted by Crippen LogP contribution is -2.38. The zero-order valence-electron chi connectivity index (χ0n) is 19.1. The van der Waals surface area contributed by atoms with Crippen LogP contribution in [0.15, 0.2) is 102 Å². The van der Waals surface area contributed by atoms with E-state index in [9.17, 15) is 9.59 Å². The molecule has 0 atom stereocenters. The maximum Gasteiger partial charge on any atom is 0.267 e.